The topological polar surface area (TPSA) is 100 Å². The molecule has 1 heterocycles. The van der Waals surface area contributed by atoms with E-state index < -0.39 is 6.03 Å². The van der Waals surface area contributed by atoms with Crippen molar-refractivity contribution in [3.63, 3.8) is 0 Å². The summed E-state index contributed by atoms with van der Waals surface area (Å²) in [6, 6.07) is 12.5. The first-order chi connectivity index (χ1) is 13.8. The highest BCUT2D eigenvalue weighted by atomic mass is 35.5. The van der Waals surface area contributed by atoms with Gasteiger partial charge in [0, 0.05) is 24.4 Å². The minimum atomic E-state index is -0.546. The van der Waals surface area contributed by atoms with E-state index in [2.05, 4.69) is 18.4 Å². The average molecular weight is 417 g/mol. The molecule has 154 valence electrons. The molecule has 0 spiro atoms. The number of nitrogens with one attached hydrogen (secondary N) is 1. The normalized spacial score (nSPS) is 15.9. The molecule has 1 aliphatic heterocycles. The highest BCUT2D eigenvalue weighted by Gasteiger charge is 2.20. The first-order valence-corrected chi connectivity index (χ1v) is 9.48. The van der Waals surface area contributed by atoms with Gasteiger partial charge in [-0.1, -0.05) is 29.8 Å². The smallest absolute Gasteiger partial charge is 0.352 e. The summed E-state index contributed by atoms with van der Waals surface area (Å²) in [5.74, 6) is 11.9. The molecule has 8 nitrogen and oxygen atoms in total. The van der Waals surface area contributed by atoms with Crippen LogP contribution >= 0.6 is 11.6 Å². The van der Waals surface area contributed by atoms with Crippen molar-refractivity contribution in [1.82, 2.24) is 10.4 Å². The van der Waals surface area contributed by atoms with Gasteiger partial charge in [0.1, 0.15) is 12.4 Å². The van der Waals surface area contributed by atoms with Crippen LogP contribution in [0.15, 0.2) is 54.2 Å². The highest BCUT2D eigenvalue weighted by molar-refractivity contribution is 6.32. The van der Waals surface area contributed by atoms with E-state index >= 15 is 0 Å². The zero-order chi connectivity index (χ0) is 21.1. The predicted molar refractivity (Wildman–Crippen MR) is 115 cm³/mol. The zero-order valence-corrected chi connectivity index (χ0v) is 17.3. The lowest BCUT2D eigenvalue weighted by molar-refractivity contribution is 0.216. The Balaban J connectivity index is 1.74. The molecule has 0 fully saturated rings. The van der Waals surface area contributed by atoms with E-state index in [0.717, 1.165) is 27.0 Å². The summed E-state index contributed by atoms with van der Waals surface area (Å²) in [5.41, 5.74) is 6.59. The first kappa shape index (κ1) is 20.9. The number of hydrogen-bond acceptors (Lipinski definition) is 6. The Bertz CT molecular complexity index is 933. The van der Waals surface area contributed by atoms with Crippen LogP contribution in [0.3, 0.4) is 0 Å². The number of carbonyl (C=O) groups excluding carboxylic acids is 1. The van der Waals surface area contributed by atoms with E-state index in [1.165, 1.54) is 7.05 Å². The summed E-state index contributed by atoms with van der Waals surface area (Å²) < 4.78 is 5.90. The van der Waals surface area contributed by atoms with E-state index in [-0.39, 0.29) is 12.6 Å². The summed E-state index contributed by atoms with van der Waals surface area (Å²) >= 11 is 6.44. The second-order valence-corrected chi connectivity index (χ2v) is 7.26. The molecule has 1 unspecified atom stereocenters. The fraction of sp³-hybridized carbons (Fsp3) is 0.250. The molecule has 2 amide bonds. The van der Waals surface area contributed by atoms with Crippen LogP contribution in [0.1, 0.15) is 19.4 Å². The average Bonchev–Trinajstić information content (AvgIpc) is 3.04. The lowest BCUT2D eigenvalue weighted by atomic mass is 10.2. The lowest BCUT2D eigenvalue weighted by Crippen LogP contribution is -2.49. The molecule has 29 heavy (non-hydrogen) atoms. The standard InChI is InChI=1S/C20H25ClN6O2/c1-13-10-14(2)27(24-13)16-8-9-19(17(21)11-16)29-12-15-6-4-5-7-18(15)26(23)20(28)25(3)22/h4-11,13,24H,12,22-23H2,1-3H3. The molecule has 1 aliphatic rings. The predicted octanol–water partition coefficient (Wildman–Crippen LogP) is 3.14. The fourth-order valence-corrected chi connectivity index (χ4v) is 3.33. The van der Waals surface area contributed by atoms with Crippen LogP contribution in [0.25, 0.3) is 0 Å². The Morgan fingerprint density at radius 3 is 2.62 bits per heavy atom. The van der Waals surface area contributed by atoms with Crippen molar-refractivity contribution in [2.75, 3.05) is 17.1 Å². The minimum Gasteiger partial charge on any atom is -0.487 e. The Hall–Kier alpha value is -2.78. The number of para-hydroxylation sites is 1. The van der Waals surface area contributed by atoms with Crippen molar-refractivity contribution < 1.29 is 9.53 Å². The SMILES string of the molecule is CC1=CC(C)NN1c1ccc(OCc2ccccc2N(N)C(=O)N(C)N)c(Cl)c1. The largest absolute Gasteiger partial charge is 0.487 e. The van der Waals surface area contributed by atoms with Gasteiger partial charge >= 0.3 is 6.03 Å². The van der Waals surface area contributed by atoms with Gasteiger partial charge in [-0.05, 0) is 44.2 Å². The van der Waals surface area contributed by atoms with E-state index in [4.69, 9.17) is 28.0 Å². The molecule has 2 aromatic carbocycles. The molecule has 0 aliphatic carbocycles. The van der Waals surface area contributed by atoms with Crippen LogP contribution < -0.4 is 31.9 Å². The van der Waals surface area contributed by atoms with Gasteiger partial charge in [-0.2, -0.15) is 0 Å². The Labute approximate surface area is 175 Å². The molecular weight excluding hydrogens is 392 g/mol. The quantitative estimate of drug-likeness (QED) is 0.393. The molecule has 1 atom stereocenters. The third-order valence-corrected chi connectivity index (χ3v) is 4.79. The van der Waals surface area contributed by atoms with Crippen molar-refractivity contribution >= 4 is 29.0 Å². The van der Waals surface area contributed by atoms with Crippen molar-refractivity contribution in [3.05, 3.63) is 64.8 Å². The highest BCUT2D eigenvalue weighted by Crippen LogP contribution is 2.32. The summed E-state index contributed by atoms with van der Waals surface area (Å²) in [5, 5.41) is 4.36. The van der Waals surface area contributed by atoms with Gasteiger partial charge in [-0.15, -0.1) is 0 Å². The number of rotatable bonds is 5. The Kier molecular flexibility index (Phi) is 6.29. The molecule has 3 rings (SSSR count). The first-order valence-electron chi connectivity index (χ1n) is 9.10. The number of hydrogen-bond donors (Lipinski definition) is 3. The van der Waals surface area contributed by atoms with Crippen LogP contribution in [-0.2, 0) is 6.61 Å². The number of amides is 2. The monoisotopic (exact) mass is 416 g/mol. The van der Waals surface area contributed by atoms with Gasteiger partial charge in [0.05, 0.1) is 16.4 Å². The van der Waals surface area contributed by atoms with E-state index in [9.17, 15) is 4.79 Å². The maximum absolute atomic E-state index is 12.1. The van der Waals surface area contributed by atoms with Crippen molar-refractivity contribution in [1.29, 1.82) is 0 Å². The number of allylic oxidation sites excluding steroid dienone is 1. The number of benzene rings is 2. The van der Waals surface area contributed by atoms with Gasteiger partial charge in [-0.25, -0.2) is 26.9 Å². The van der Waals surface area contributed by atoms with Crippen LogP contribution in [0.4, 0.5) is 16.2 Å². The van der Waals surface area contributed by atoms with Crippen molar-refractivity contribution in [2.24, 2.45) is 11.7 Å². The summed E-state index contributed by atoms with van der Waals surface area (Å²) in [6.45, 7) is 4.29. The molecule has 9 heteroatoms. The lowest BCUT2D eigenvalue weighted by Gasteiger charge is -2.24. The summed E-state index contributed by atoms with van der Waals surface area (Å²) in [7, 11) is 1.43. The van der Waals surface area contributed by atoms with Gasteiger partial charge in [0.2, 0.25) is 0 Å². The Morgan fingerprint density at radius 2 is 2.00 bits per heavy atom. The second-order valence-electron chi connectivity index (χ2n) is 6.86. The summed E-state index contributed by atoms with van der Waals surface area (Å²) in [6.07, 6.45) is 2.13. The molecule has 2 aromatic rings. The molecule has 0 saturated carbocycles. The van der Waals surface area contributed by atoms with Gasteiger partial charge < -0.3 is 4.74 Å². The van der Waals surface area contributed by atoms with E-state index in [0.29, 0.717) is 16.5 Å². The number of hydrazine groups is 3. The van der Waals surface area contributed by atoms with Crippen molar-refractivity contribution in [3.8, 4) is 5.75 Å². The maximum atomic E-state index is 12.1. The molecule has 0 aromatic heterocycles. The van der Waals surface area contributed by atoms with E-state index in [1.807, 2.05) is 42.3 Å². The zero-order valence-electron chi connectivity index (χ0n) is 16.6. The van der Waals surface area contributed by atoms with Crippen LogP contribution in [0, 0.1) is 0 Å². The van der Waals surface area contributed by atoms with Crippen LogP contribution in [0.2, 0.25) is 5.02 Å². The fourth-order valence-electron chi connectivity index (χ4n) is 3.10. The number of urea groups is 1. The number of nitrogens with zero attached hydrogens (tertiary/aromatic N) is 3. The third-order valence-electron chi connectivity index (χ3n) is 4.49. The van der Waals surface area contributed by atoms with Crippen LogP contribution in [0.5, 0.6) is 5.75 Å². The number of anilines is 2. The van der Waals surface area contributed by atoms with E-state index in [1.54, 1.807) is 12.1 Å². The van der Waals surface area contributed by atoms with Gasteiger partial charge in [0.25, 0.3) is 0 Å². The number of carbonyl (C=O) groups is 1. The molecule has 0 bridgehead atoms. The second kappa shape index (κ2) is 8.71. The van der Waals surface area contributed by atoms with Crippen LogP contribution in [-0.4, -0.2) is 24.1 Å². The number of halogens is 1. The Morgan fingerprint density at radius 1 is 1.28 bits per heavy atom. The molecule has 5 N–H and O–H groups in total. The number of nitrogens with two attached hydrogens (primary N) is 2. The number of ether oxygens (including phenoxy) is 1. The third kappa shape index (κ3) is 4.63. The summed E-state index contributed by atoms with van der Waals surface area (Å²) in [4.78, 5) is 12.1. The minimum absolute atomic E-state index is 0.183. The molecule has 0 saturated heterocycles. The van der Waals surface area contributed by atoms with Gasteiger partial charge in [-0.3, -0.25) is 10.0 Å². The maximum Gasteiger partial charge on any atom is 0.352 e. The van der Waals surface area contributed by atoms with Gasteiger partial charge in [0.15, 0.2) is 0 Å². The van der Waals surface area contributed by atoms with Crippen molar-refractivity contribution in [2.45, 2.75) is 26.5 Å². The molecule has 0 radical (unpaired) electrons. The molecular formula is C20H25ClN6O2.